The average molecular weight is 504 g/mol. The van der Waals surface area contributed by atoms with E-state index >= 15 is 0 Å². The average Bonchev–Trinajstić information content (AvgIpc) is 3.69. The molecule has 8 nitrogen and oxygen atoms in total. The fraction of sp³-hybridized carbons (Fsp3) is 0.200. The molecule has 5 heterocycles. The van der Waals surface area contributed by atoms with Gasteiger partial charge in [-0.3, -0.25) is 4.79 Å². The van der Waals surface area contributed by atoms with E-state index in [-0.39, 0.29) is 19.0 Å². The van der Waals surface area contributed by atoms with Crippen LogP contribution in [-0.2, 0) is 26.2 Å². The largest absolute Gasteiger partial charge is 0.388 e. The standard InChI is InChI=1S/C30H25N5O3/c36-23-14-34-21-6-2-1-5-18(21)25-20-13-32-30(38)27(20)26-19-12-17(4-3-10-33-11-9-31-16-33)7-8-22(19)35(15-24(23)37)29(26)28(25)34/h1-9,11-12,16,23-24,36-37H,10,13-15H2,(H,32,38)/b4-3+. The predicted molar refractivity (Wildman–Crippen MR) is 147 cm³/mol. The quantitative estimate of drug-likeness (QED) is 0.342. The van der Waals surface area contributed by atoms with Crippen LogP contribution >= 0.6 is 0 Å². The highest BCUT2D eigenvalue weighted by molar-refractivity contribution is 6.30. The monoisotopic (exact) mass is 503 g/mol. The summed E-state index contributed by atoms with van der Waals surface area (Å²) in [6.07, 6.45) is 7.77. The lowest BCUT2D eigenvalue weighted by Gasteiger charge is -2.24. The van der Waals surface area contributed by atoms with E-state index in [0.717, 1.165) is 54.7 Å². The van der Waals surface area contributed by atoms with Gasteiger partial charge in [0.25, 0.3) is 5.91 Å². The number of carbonyl (C=O) groups is 1. The van der Waals surface area contributed by atoms with Gasteiger partial charge in [0.05, 0.1) is 48.2 Å². The molecule has 0 saturated carbocycles. The Morgan fingerprint density at radius 1 is 0.974 bits per heavy atom. The third kappa shape index (κ3) is 2.87. The zero-order chi connectivity index (χ0) is 25.5. The molecule has 2 aliphatic rings. The number of nitrogens with zero attached hydrogens (tertiary/aromatic N) is 4. The van der Waals surface area contributed by atoms with Crippen LogP contribution < -0.4 is 5.32 Å². The number of aromatic nitrogens is 4. The smallest absolute Gasteiger partial charge is 0.252 e. The van der Waals surface area contributed by atoms with Crippen molar-refractivity contribution in [2.75, 3.05) is 0 Å². The first-order valence-electron chi connectivity index (χ1n) is 12.9. The van der Waals surface area contributed by atoms with Crippen LogP contribution in [0.15, 0.2) is 67.3 Å². The summed E-state index contributed by atoms with van der Waals surface area (Å²) in [6.45, 7) is 1.71. The molecule has 2 aliphatic heterocycles. The lowest BCUT2D eigenvalue weighted by molar-refractivity contribution is 0.00168. The van der Waals surface area contributed by atoms with Gasteiger partial charge in [-0.25, -0.2) is 4.98 Å². The van der Waals surface area contributed by atoms with Gasteiger partial charge >= 0.3 is 0 Å². The van der Waals surface area contributed by atoms with E-state index in [9.17, 15) is 15.0 Å². The number of nitrogens with one attached hydrogen (secondary N) is 1. The molecule has 38 heavy (non-hydrogen) atoms. The third-order valence-electron chi connectivity index (χ3n) is 8.16. The summed E-state index contributed by atoms with van der Waals surface area (Å²) in [5, 5.41) is 29.1. The molecule has 0 bridgehead atoms. The molecule has 2 unspecified atom stereocenters. The number of hydrogen-bond donors (Lipinski definition) is 3. The summed E-state index contributed by atoms with van der Waals surface area (Å²) in [6, 6.07) is 14.4. The fourth-order valence-electron chi connectivity index (χ4n) is 6.49. The van der Waals surface area contributed by atoms with Gasteiger partial charge in [0.1, 0.15) is 0 Å². The number of aliphatic hydroxyl groups excluding tert-OH is 2. The topological polar surface area (TPSA) is 97.2 Å². The van der Waals surface area contributed by atoms with E-state index in [0.29, 0.717) is 18.7 Å². The van der Waals surface area contributed by atoms with Crippen molar-refractivity contribution in [1.29, 1.82) is 0 Å². The summed E-state index contributed by atoms with van der Waals surface area (Å²) in [5.74, 6) is -0.0681. The second-order valence-electron chi connectivity index (χ2n) is 10.3. The fourth-order valence-corrected chi connectivity index (χ4v) is 6.49. The molecule has 0 radical (unpaired) electrons. The number of allylic oxidation sites excluding steroid dienone is 1. The van der Waals surface area contributed by atoms with Crippen molar-refractivity contribution in [1.82, 2.24) is 24.0 Å². The summed E-state index contributed by atoms with van der Waals surface area (Å²) < 4.78 is 6.22. The van der Waals surface area contributed by atoms with Crippen LogP contribution in [0.1, 0.15) is 21.5 Å². The number of para-hydroxylation sites is 1. The second-order valence-corrected chi connectivity index (χ2v) is 10.3. The predicted octanol–water partition coefficient (Wildman–Crippen LogP) is 3.79. The molecule has 3 aromatic carbocycles. The molecule has 3 N–H and O–H groups in total. The lowest BCUT2D eigenvalue weighted by atomic mass is 9.96. The van der Waals surface area contributed by atoms with Gasteiger partial charge in [-0.2, -0.15) is 0 Å². The Labute approximate surface area is 217 Å². The number of benzene rings is 3. The molecule has 2 atom stereocenters. The molecule has 8 heteroatoms. The second kappa shape index (κ2) is 7.80. The van der Waals surface area contributed by atoms with Gasteiger partial charge in [0.2, 0.25) is 0 Å². The summed E-state index contributed by atoms with van der Waals surface area (Å²) in [7, 11) is 0. The minimum atomic E-state index is -0.949. The first-order chi connectivity index (χ1) is 18.6. The maximum absolute atomic E-state index is 13.4. The molecule has 0 saturated heterocycles. The van der Waals surface area contributed by atoms with Gasteiger partial charge in [-0.05, 0) is 29.3 Å². The van der Waals surface area contributed by atoms with E-state index < -0.39 is 12.2 Å². The number of aliphatic hydroxyl groups is 2. The normalized spacial score (nSPS) is 19.3. The van der Waals surface area contributed by atoms with Gasteiger partial charge in [-0.1, -0.05) is 36.4 Å². The van der Waals surface area contributed by atoms with Crippen molar-refractivity contribution >= 4 is 55.6 Å². The number of carbonyl (C=O) groups excluding carboxylic acids is 1. The SMILES string of the molecule is O=C1NCc2c1c1c3cc(/C=C/Cn4ccnc4)ccc3n3c1c1c2c2ccccc2n1CC(O)C(O)C3. The van der Waals surface area contributed by atoms with Crippen LogP contribution in [-0.4, -0.2) is 47.0 Å². The molecule has 188 valence electrons. The molecule has 0 spiro atoms. The van der Waals surface area contributed by atoms with E-state index in [4.69, 9.17) is 0 Å². The maximum atomic E-state index is 13.4. The van der Waals surface area contributed by atoms with E-state index in [1.807, 2.05) is 22.9 Å². The van der Waals surface area contributed by atoms with Crippen molar-refractivity contribution in [2.45, 2.75) is 38.4 Å². The lowest BCUT2D eigenvalue weighted by Crippen LogP contribution is -2.35. The van der Waals surface area contributed by atoms with Crippen molar-refractivity contribution in [2.24, 2.45) is 0 Å². The van der Waals surface area contributed by atoms with E-state index in [2.05, 4.69) is 61.9 Å². The van der Waals surface area contributed by atoms with Gasteiger partial charge in [0.15, 0.2) is 0 Å². The van der Waals surface area contributed by atoms with Crippen LogP contribution in [0, 0.1) is 0 Å². The van der Waals surface area contributed by atoms with Crippen LogP contribution in [0.5, 0.6) is 0 Å². The van der Waals surface area contributed by atoms with Crippen molar-refractivity contribution < 1.29 is 15.0 Å². The molecular weight excluding hydrogens is 478 g/mol. The number of hydrogen-bond acceptors (Lipinski definition) is 4. The highest BCUT2D eigenvalue weighted by atomic mass is 16.3. The summed E-state index contributed by atoms with van der Waals surface area (Å²) >= 11 is 0. The first-order valence-corrected chi connectivity index (χ1v) is 12.9. The van der Waals surface area contributed by atoms with Crippen molar-refractivity contribution in [3.8, 4) is 0 Å². The number of imidazole rings is 1. The van der Waals surface area contributed by atoms with Crippen LogP contribution in [0.4, 0.5) is 0 Å². The minimum absolute atomic E-state index is 0.0681. The molecule has 8 rings (SSSR count). The van der Waals surface area contributed by atoms with E-state index in [1.165, 1.54) is 0 Å². The third-order valence-corrected chi connectivity index (χ3v) is 8.16. The number of rotatable bonds is 3. The Kier molecular flexibility index (Phi) is 4.45. The van der Waals surface area contributed by atoms with Gasteiger partial charge in [0, 0.05) is 58.1 Å². The Balaban J connectivity index is 1.50. The zero-order valence-corrected chi connectivity index (χ0v) is 20.5. The molecule has 3 aromatic heterocycles. The van der Waals surface area contributed by atoms with Crippen molar-refractivity contribution in [3.63, 3.8) is 0 Å². The molecule has 0 fully saturated rings. The summed E-state index contributed by atoms with van der Waals surface area (Å²) in [4.78, 5) is 17.5. The number of amides is 1. The maximum Gasteiger partial charge on any atom is 0.252 e. The Morgan fingerprint density at radius 2 is 1.74 bits per heavy atom. The Hall–Kier alpha value is -4.40. The Bertz CT molecular complexity index is 1960. The Morgan fingerprint density at radius 3 is 2.53 bits per heavy atom. The highest BCUT2D eigenvalue weighted by Gasteiger charge is 2.34. The number of fused-ring (bicyclic) bond motifs is 9. The molecular formula is C30H25N5O3. The molecule has 0 aliphatic carbocycles. The zero-order valence-electron chi connectivity index (χ0n) is 20.5. The van der Waals surface area contributed by atoms with Crippen LogP contribution in [0.25, 0.3) is 49.7 Å². The minimum Gasteiger partial charge on any atom is -0.388 e. The van der Waals surface area contributed by atoms with Crippen molar-refractivity contribution in [3.05, 3.63) is 84.0 Å². The van der Waals surface area contributed by atoms with Crippen LogP contribution in [0.3, 0.4) is 0 Å². The van der Waals surface area contributed by atoms with Gasteiger partial charge < -0.3 is 29.2 Å². The summed E-state index contributed by atoms with van der Waals surface area (Å²) in [5.41, 5.74) is 6.62. The molecule has 6 aromatic rings. The van der Waals surface area contributed by atoms with Gasteiger partial charge in [-0.15, -0.1) is 0 Å². The first kappa shape index (κ1) is 21.7. The highest BCUT2D eigenvalue weighted by Crippen LogP contribution is 2.45. The van der Waals surface area contributed by atoms with E-state index in [1.54, 1.807) is 12.5 Å². The molecule has 1 amide bonds. The van der Waals surface area contributed by atoms with Crippen LogP contribution in [0.2, 0.25) is 0 Å².